The molecule has 0 aliphatic heterocycles. The van der Waals surface area contributed by atoms with E-state index in [0.717, 1.165) is 0 Å². The Balaban J connectivity index is 2.78. The third-order valence-corrected chi connectivity index (χ3v) is 3.73. The fourth-order valence-electron chi connectivity index (χ4n) is 1.24. The topological polar surface area (TPSA) is 12.0 Å². The molecule has 0 saturated heterocycles. The molecule has 0 atom stereocenters. The largest absolute Gasteiger partial charge is 0.317 e. The number of hydrogen-bond donors (Lipinski definition) is 1. The van der Waals surface area contributed by atoms with E-state index < -0.39 is 0 Å². The van der Waals surface area contributed by atoms with Crippen molar-refractivity contribution in [1.29, 1.82) is 0 Å². The second-order valence-electron chi connectivity index (χ2n) is 3.35. The zero-order valence-electron chi connectivity index (χ0n) is 9.68. The van der Waals surface area contributed by atoms with Crippen molar-refractivity contribution in [3.63, 3.8) is 0 Å². The summed E-state index contributed by atoms with van der Waals surface area (Å²) in [6.45, 7) is 4.64. The molecule has 0 rings (SSSR count). The molecule has 0 spiro atoms. The zero-order valence-corrected chi connectivity index (χ0v) is 11.3. The van der Waals surface area contributed by atoms with Crippen molar-refractivity contribution < 1.29 is 0 Å². The first-order valence-electron chi connectivity index (χ1n) is 5.69. The molecule has 3 heteroatoms. The maximum atomic E-state index is 3.50. The van der Waals surface area contributed by atoms with Crippen LogP contribution < -0.4 is 5.32 Å². The van der Waals surface area contributed by atoms with Gasteiger partial charge in [0.25, 0.3) is 0 Å². The zero-order chi connectivity index (χ0) is 10.5. The summed E-state index contributed by atoms with van der Waals surface area (Å²) in [5, 5.41) is 3.50. The standard InChI is InChI=1S/C11H25NS2/c1-3-14-11-7-9-12-8-5-4-6-10-13-2/h12H,3-11H2,1-2H3. The van der Waals surface area contributed by atoms with E-state index in [2.05, 4.69) is 18.5 Å². The van der Waals surface area contributed by atoms with Gasteiger partial charge in [0, 0.05) is 0 Å². The van der Waals surface area contributed by atoms with Crippen molar-refractivity contribution in [2.24, 2.45) is 0 Å². The number of rotatable bonds is 11. The number of thioether (sulfide) groups is 2. The van der Waals surface area contributed by atoms with Gasteiger partial charge in [0.2, 0.25) is 0 Å². The van der Waals surface area contributed by atoms with Crippen LogP contribution in [0.2, 0.25) is 0 Å². The molecule has 1 N–H and O–H groups in total. The van der Waals surface area contributed by atoms with Gasteiger partial charge in [-0.15, -0.1) is 0 Å². The lowest BCUT2D eigenvalue weighted by Gasteiger charge is -2.03. The van der Waals surface area contributed by atoms with Crippen LogP contribution >= 0.6 is 23.5 Å². The smallest absolute Gasteiger partial charge is 0.00411 e. The van der Waals surface area contributed by atoms with Gasteiger partial charge in [-0.05, 0) is 55.9 Å². The minimum atomic E-state index is 1.20. The Morgan fingerprint density at radius 3 is 2.43 bits per heavy atom. The van der Waals surface area contributed by atoms with Crippen LogP contribution in [0.5, 0.6) is 0 Å². The van der Waals surface area contributed by atoms with Gasteiger partial charge in [-0.3, -0.25) is 0 Å². The van der Waals surface area contributed by atoms with E-state index in [0.29, 0.717) is 0 Å². The summed E-state index contributed by atoms with van der Waals surface area (Å²) in [5.41, 5.74) is 0. The van der Waals surface area contributed by atoms with Crippen LogP contribution in [0.15, 0.2) is 0 Å². The van der Waals surface area contributed by atoms with Gasteiger partial charge in [-0.1, -0.05) is 13.3 Å². The maximum absolute atomic E-state index is 3.50. The van der Waals surface area contributed by atoms with Gasteiger partial charge in [0.15, 0.2) is 0 Å². The maximum Gasteiger partial charge on any atom is -0.00411 e. The first-order chi connectivity index (χ1) is 6.91. The monoisotopic (exact) mass is 235 g/mol. The summed E-state index contributed by atoms with van der Waals surface area (Å²) in [6.07, 6.45) is 7.63. The van der Waals surface area contributed by atoms with E-state index in [1.165, 1.54) is 56.0 Å². The predicted molar refractivity (Wildman–Crippen MR) is 72.7 cm³/mol. The highest BCUT2D eigenvalue weighted by Gasteiger charge is 1.90. The molecule has 14 heavy (non-hydrogen) atoms. The van der Waals surface area contributed by atoms with Crippen molar-refractivity contribution >= 4 is 23.5 Å². The van der Waals surface area contributed by atoms with E-state index in [1.54, 1.807) is 0 Å². The summed E-state index contributed by atoms with van der Waals surface area (Å²) in [7, 11) is 0. The molecule has 0 fully saturated rings. The predicted octanol–water partition coefficient (Wildman–Crippen LogP) is 3.25. The summed E-state index contributed by atoms with van der Waals surface area (Å²) in [6, 6.07) is 0. The average Bonchev–Trinajstić information content (AvgIpc) is 2.21. The van der Waals surface area contributed by atoms with Crippen LogP contribution in [0.1, 0.15) is 32.6 Å². The van der Waals surface area contributed by atoms with Crippen molar-refractivity contribution in [2.75, 3.05) is 36.6 Å². The van der Waals surface area contributed by atoms with Gasteiger partial charge in [-0.2, -0.15) is 23.5 Å². The first-order valence-corrected chi connectivity index (χ1v) is 8.24. The van der Waals surface area contributed by atoms with Crippen molar-refractivity contribution in [1.82, 2.24) is 5.32 Å². The number of nitrogens with one attached hydrogen (secondary N) is 1. The third-order valence-electron chi connectivity index (χ3n) is 2.05. The highest BCUT2D eigenvalue weighted by atomic mass is 32.2. The Labute approximate surface area is 98.2 Å². The van der Waals surface area contributed by atoms with Gasteiger partial charge >= 0.3 is 0 Å². The second-order valence-corrected chi connectivity index (χ2v) is 5.73. The van der Waals surface area contributed by atoms with Crippen molar-refractivity contribution in [3.05, 3.63) is 0 Å². The SMILES string of the molecule is CCSCCCNCCCCCSC. The molecule has 0 aromatic rings. The highest BCUT2D eigenvalue weighted by Crippen LogP contribution is 2.02. The molecule has 86 valence electrons. The van der Waals surface area contributed by atoms with Crippen molar-refractivity contribution in [2.45, 2.75) is 32.6 Å². The molecule has 0 amide bonds. The Hall–Kier alpha value is 0.660. The normalized spacial score (nSPS) is 10.7. The molecule has 0 unspecified atom stereocenters. The van der Waals surface area contributed by atoms with Crippen LogP contribution in [-0.2, 0) is 0 Å². The Morgan fingerprint density at radius 1 is 0.929 bits per heavy atom. The Bertz CT molecular complexity index is 87.3. The van der Waals surface area contributed by atoms with E-state index in [4.69, 9.17) is 0 Å². The van der Waals surface area contributed by atoms with Gasteiger partial charge in [0.1, 0.15) is 0 Å². The van der Waals surface area contributed by atoms with Crippen LogP contribution in [0.4, 0.5) is 0 Å². The summed E-state index contributed by atoms with van der Waals surface area (Å²) >= 11 is 4.00. The summed E-state index contributed by atoms with van der Waals surface area (Å²) in [5.74, 6) is 3.90. The molecular weight excluding hydrogens is 210 g/mol. The van der Waals surface area contributed by atoms with E-state index in [9.17, 15) is 0 Å². The summed E-state index contributed by atoms with van der Waals surface area (Å²) in [4.78, 5) is 0. The Morgan fingerprint density at radius 2 is 1.71 bits per heavy atom. The molecular formula is C11H25NS2. The molecule has 0 bridgehead atoms. The lowest BCUT2D eigenvalue weighted by Crippen LogP contribution is -2.17. The highest BCUT2D eigenvalue weighted by molar-refractivity contribution is 7.99. The quantitative estimate of drug-likeness (QED) is 0.552. The number of hydrogen-bond acceptors (Lipinski definition) is 3. The Kier molecular flexibility index (Phi) is 14.3. The van der Waals surface area contributed by atoms with Crippen molar-refractivity contribution in [3.8, 4) is 0 Å². The molecule has 0 saturated carbocycles. The van der Waals surface area contributed by atoms with Gasteiger partial charge < -0.3 is 5.32 Å². The molecule has 1 nitrogen and oxygen atoms in total. The van der Waals surface area contributed by atoms with E-state index in [1.807, 2.05) is 23.5 Å². The lowest BCUT2D eigenvalue weighted by molar-refractivity contribution is 0.615. The summed E-state index contributed by atoms with van der Waals surface area (Å²) < 4.78 is 0. The van der Waals surface area contributed by atoms with E-state index in [-0.39, 0.29) is 0 Å². The van der Waals surface area contributed by atoms with Crippen LogP contribution in [-0.4, -0.2) is 36.6 Å². The lowest BCUT2D eigenvalue weighted by atomic mass is 10.2. The average molecular weight is 235 g/mol. The van der Waals surface area contributed by atoms with Gasteiger partial charge in [0.05, 0.1) is 0 Å². The molecule has 0 aliphatic rings. The molecule has 0 aromatic heterocycles. The minimum Gasteiger partial charge on any atom is -0.317 e. The number of unbranched alkanes of at least 4 members (excludes halogenated alkanes) is 2. The molecule has 0 heterocycles. The minimum absolute atomic E-state index is 1.20. The van der Waals surface area contributed by atoms with Crippen LogP contribution in [0.3, 0.4) is 0 Å². The molecule has 0 aromatic carbocycles. The third kappa shape index (κ3) is 12.7. The first kappa shape index (κ1) is 14.7. The van der Waals surface area contributed by atoms with Crippen LogP contribution in [0, 0.1) is 0 Å². The van der Waals surface area contributed by atoms with Crippen LogP contribution in [0.25, 0.3) is 0 Å². The fourth-order valence-corrected chi connectivity index (χ4v) is 2.37. The van der Waals surface area contributed by atoms with Gasteiger partial charge in [-0.25, -0.2) is 0 Å². The molecule has 0 aliphatic carbocycles. The molecule has 0 radical (unpaired) electrons. The second kappa shape index (κ2) is 13.7. The fraction of sp³-hybridized carbons (Fsp3) is 1.00. The van der Waals surface area contributed by atoms with E-state index >= 15 is 0 Å².